The summed E-state index contributed by atoms with van der Waals surface area (Å²) >= 11 is 0. The molecule has 2 aromatic carbocycles. The van der Waals surface area contributed by atoms with E-state index < -0.39 is 15.9 Å². The first-order valence-corrected chi connectivity index (χ1v) is 10.1. The molecule has 0 saturated carbocycles. The van der Waals surface area contributed by atoms with Crippen molar-refractivity contribution in [3.8, 4) is 11.5 Å². The maximum Gasteiger partial charge on any atom is 0.262 e. The molecule has 8 nitrogen and oxygen atoms in total. The van der Waals surface area contributed by atoms with Gasteiger partial charge in [-0.1, -0.05) is 12.1 Å². The average Bonchev–Trinajstić information content (AvgIpc) is 3.25. The lowest BCUT2D eigenvalue weighted by molar-refractivity contribution is 0.0949. The number of rotatable bonds is 8. The third kappa shape index (κ3) is 4.69. The summed E-state index contributed by atoms with van der Waals surface area (Å²) in [5, 5.41) is 2.70. The predicted octanol–water partition coefficient (Wildman–Crippen LogP) is 3.03. The lowest BCUT2D eigenvalue weighted by Gasteiger charge is -2.14. The van der Waals surface area contributed by atoms with E-state index in [-0.39, 0.29) is 28.4 Å². The highest BCUT2D eigenvalue weighted by Gasteiger charge is 2.20. The highest BCUT2D eigenvalue weighted by molar-refractivity contribution is 7.92. The molecular formula is C20H20N2O6S. The third-order valence-electron chi connectivity index (χ3n) is 4.08. The Kier molecular flexibility index (Phi) is 6.08. The first-order valence-electron chi connectivity index (χ1n) is 8.59. The van der Waals surface area contributed by atoms with Crippen molar-refractivity contribution in [2.75, 3.05) is 18.9 Å². The molecule has 3 rings (SSSR count). The minimum atomic E-state index is -3.97. The predicted molar refractivity (Wildman–Crippen MR) is 107 cm³/mol. The summed E-state index contributed by atoms with van der Waals surface area (Å²) in [5.41, 5.74) is 0.335. The molecule has 0 unspecified atom stereocenters. The van der Waals surface area contributed by atoms with Crippen molar-refractivity contribution in [2.24, 2.45) is 0 Å². The standard InChI is InChI=1S/C20H20N2O6S/c1-26-18-10-9-15(12-19(18)27-2)29(24,25)22-17-8-4-3-7-16(17)20(23)21-13-14-6-5-11-28-14/h3-12,22H,13H2,1-2H3,(H,21,23). The normalized spacial score (nSPS) is 11.0. The van der Waals surface area contributed by atoms with Crippen LogP contribution in [0.3, 0.4) is 0 Å². The quantitative estimate of drug-likeness (QED) is 0.585. The molecule has 2 N–H and O–H groups in total. The van der Waals surface area contributed by atoms with Crippen molar-refractivity contribution >= 4 is 21.6 Å². The van der Waals surface area contributed by atoms with Crippen LogP contribution < -0.4 is 19.5 Å². The van der Waals surface area contributed by atoms with Crippen LogP contribution in [-0.4, -0.2) is 28.5 Å². The monoisotopic (exact) mass is 416 g/mol. The Balaban J connectivity index is 1.83. The van der Waals surface area contributed by atoms with Crippen LogP contribution in [0.2, 0.25) is 0 Å². The maximum absolute atomic E-state index is 12.8. The number of nitrogens with one attached hydrogen (secondary N) is 2. The van der Waals surface area contributed by atoms with Gasteiger partial charge >= 0.3 is 0 Å². The molecule has 0 atom stereocenters. The molecule has 152 valence electrons. The zero-order valence-electron chi connectivity index (χ0n) is 15.8. The molecule has 1 amide bonds. The van der Waals surface area contributed by atoms with Crippen LogP contribution in [0.1, 0.15) is 16.1 Å². The maximum atomic E-state index is 12.8. The molecule has 0 saturated heterocycles. The third-order valence-corrected chi connectivity index (χ3v) is 5.45. The van der Waals surface area contributed by atoms with E-state index in [4.69, 9.17) is 13.9 Å². The second-order valence-corrected chi connectivity index (χ2v) is 7.61. The van der Waals surface area contributed by atoms with Gasteiger partial charge in [-0.3, -0.25) is 9.52 Å². The number of sulfonamides is 1. The Morgan fingerprint density at radius 3 is 2.45 bits per heavy atom. The van der Waals surface area contributed by atoms with Gasteiger partial charge in [-0.2, -0.15) is 0 Å². The molecule has 0 spiro atoms. The molecule has 0 aliphatic heterocycles. The highest BCUT2D eigenvalue weighted by atomic mass is 32.2. The number of anilines is 1. The number of carbonyl (C=O) groups is 1. The molecule has 0 radical (unpaired) electrons. The number of amides is 1. The van der Waals surface area contributed by atoms with Crippen LogP contribution in [0.25, 0.3) is 0 Å². The number of para-hydroxylation sites is 1. The van der Waals surface area contributed by atoms with E-state index in [1.54, 1.807) is 24.3 Å². The number of carbonyl (C=O) groups excluding carboxylic acids is 1. The number of hydrogen-bond donors (Lipinski definition) is 2. The molecule has 0 bridgehead atoms. The molecule has 0 fully saturated rings. The first kappa shape index (κ1) is 20.3. The Morgan fingerprint density at radius 2 is 1.76 bits per heavy atom. The van der Waals surface area contributed by atoms with E-state index in [1.165, 1.54) is 50.8 Å². The Hall–Kier alpha value is -3.46. The van der Waals surface area contributed by atoms with Gasteiger partial charge in [-0.25, -0.2) is 8.42 Å². The molecule has 1 heterocycles. The summed E-state index contributed by atoms with van der Waals surface area (Å²) in [5.74, 6) is 0.831. The van der Waals surface area contributed by atoms with Gasteiger partial charge in [0.1, 0.15) is 5.76 Å². The van der Waals surface area contributed by atoms with Crippen molar-refractivity contribution in [1.82, 2.24) is 5.32 Å². The van der Waals surface area contributed by atoms with Crippen LogP contribution in [0, 0.1) is 0 Å². The second kappa shape index (κ2) is 8.70. The lowest BCUT2D eigenvalue weighted by Crippen LogP contribution is -2.24. The van der Waals surface area contributed by atoms with E-state index >= 15 is 0 Å². The van der Waals surface area contributed by atoms with E-state index in [0.29, 0.717) is 11.5 Å². The number of furan rings is 1. The van der Waals surface area contributed by atoms with E-state index in [0.717, 1.165) is 0 Å². The van der Waals surface area contributed by atoms with Gasteiger partial charge in [0.15, 0.2) is 11.5 Å². The average molecular weight is 416 g/mol. The van der Waals surface area contributed by atoms with Gasteiger partial charge in [-0.05, 0) is 36.4 Å². The summed E-state index contributed by atoms with van der Waals surface area (Å²) in [6.45, 7) is 0.183. The van der Waals surface area contributed by atoms with Gasteiger partial charge in [0.25, 0.3) is 15.9 Å². The molecular weight excluding hydrogens is 396 g/mol. The van der Waals surface area contributed by atoms with Crippen LogP contribution >= 0.6 is 0 Å². The molecule has 29 heavy (non-hydrogen) atoms. The SMILES string of the molecule is COc1ccc(S(=O)(=O)Nc2ccccc2C(=O)NCc2ccco2)cc1OC. The molecule has 0 aliphatic carbocycles. The van der Waals surface area contributed by atoms with Crippen molar-refractivity contribution in [3.63, 3.8) is 0 Å². The summed E-state index contributed by atoms with van der Waals surface area (Å²) in [6, 6.07) is 14.0. The van der Waals surface area contributed by atoms with Gasteiger partial charge in [0, 0.05) is 6.07 Å². The summed E-state index contributed by atoms with van der Waals surface area (Å²) < 4.78 is 43.6. The number of methoxy groups -OCH3 is 2. The van der Waals surface area contributed by atoms with Crippen molar-refractivity contribution < 1.29 is 27.1 Å². The van der Waals surface area contributed by atoms with Crippen LogP contribution in [-0.2, 0) is 16.6 Å². The lowest BCUT2D eigenvalue weighted by atomic mass is 10.1. The smallest absolute Gasteiger partial charge is 0.262 e. The molecule has 9 heteroatoms. The second-order valence-electron chi connectivity index (χ2n) is 5.93. The number of ether oxygens (including phenoxy) is 2. The Labute approximate surface area is 168 Å². The zero-order valence-corrected chi connectivity index (χ0v) is 16.7. The summed E-state index contributed by atoms with van der Waals surface area (Å²) in [7, 11) is -1.09. The fourth-order valence-corrected chi connectivity index (χ4v) is 3.73. The van der Waals surface area contributed by atoms with Crippen molar-refractivity contribution in [1.29, 1.82) is 0 Å². The fourth-order valence-electron chi connectivity index (χ4n) is 2.63. The Morgan fingerprint density at radius 1 is 1.00 bits per heavy atom. The number of hydrogen-bond acceptors (Lipinski definition) is 6. The molecule has 1 aromatic heterocycles. The Bertz CT molecular complexity index is 1090. The molecule has 3 aromatic rings. The first-order chi connectivity index (χ1) is 13.9. The summed E-state index contributed by atoms with van der Waals surface area (Å²) in [6.07, 6.45) is 1.51. The van der Waals surface area contributed by atoms with Crippen LogP contribution in [0.5, 0.6) is 11.5 Å². The molecule has 0 aliphatic rings. The van der Waals surface area contributed by atoms with Crippen molar-refractivity contribution in [3.05, 3.63) is 72.2 Å². The van der Waals surface area contributed by atoms with Gasteiger partial charge < -0.3 is 19.2 Å². The van der Waals surface area contributed by atoms with E-state index in [2.05, 4.69) is 10.0 Å². The van der Waals surface area contributed by atoms with E-state index in [1.807, 2.05) is 0 Å². The highest BCUT2D eigenvalue weighted by Crippen LogP contribution is 2.30. The largest absolute Gasteiger partial charge is 0.493 e. The number of benzene rings is 2. The van der Waals surface area contributed by atoms with Gasteiger partial charge in [0.05, 0.1) is 43.2 Å². The fraction of sp³-hybridized carbons (Fsp3) is 0.150. The summed E-state index contributed by atoms with van der Waals surface area (Å²) in [4.78, 5) is 12.5. The van der Waals surface area contributed by atoms with Gasteiger partial charge in [-0.15, -0.1) is 0 Å². The zero-order chi connectivity index (χ0) is 20.9. The van der Waals surface area contributed by atoms with Crippen molar-refractivity contribution in [2.45, 2.75) is 11.4 Å². The topological polar surface area (TPSA) is 107 Å². The van der Waals surface area contributed by atoms with E-state index in [9.17, 15) is 13.2 Å². The van der Waals surface area contributed by atoms with Crippen LogP contribution in [0.4, 0.5) is 5.69 Å². The van der Waals surface area contributed by atoms with Gasteiger partial charge in [0.2, 0.25) is 0 Å². The minimum Gasteiger partial charge on any atom is -0.493 e. The minimum absolute atomic E-state index is 0.0269. The van der Waals surface area contributed by atoms with Crippen LogP contribution in [0.15, 0.2) is 70.2 Å².